The number of hydrogen-bond acceptors (Lipinski definition) is 5. The smallest absolute Gasteiger partial charge is 0.140 e. The van der Waals surface area contributed by atoms with Crippen molar-refractivity contribution in [2.24, 2.45) is 0 Å². The fourth-order valence-corrected chi connectivity index (χ4v) is 5.11. The standard InChI is InChI=1S/C16H18N2OS2/c1-16(2)14-13(10-5-3-4-6-12(10)19-16)18-15(21-14)11-9-20-8-7-17-11/h3-6,11,17H,7-9H2,1-2H3. The van der Waals surface area contributed by atoms with Crippen molar-refractivity contribution in [3.63, 3.8) is 0 Å². The first-order valence-electron chi connectivity index (χ1n) is 7.26. The molecule has 1 saturated heterocycles. The number of benzene rings is 1. The zero-order valence-corrected chi connectivity index (χ0v) is 13.8. The van der Waals surface area contributed by atoms with Crippen molar-refractivity contribution in [3.05, 3.63) is 34.2 Å². The molecule has 1 aromatic carbocycles. The highest BCUT2D eigenvalue weighted by atomic mass is 32.2. The van der Waals surface area contributed by atoms with Crippen LogP contribution in [0.5, 0.6) is 5.75 Å². The second-order valence-electron chi connectivity index (χ2n) is 5.92. The lowest BCUT2D eigenvalue weighted by atomic mass is 9.97. The van der Waals surface area contributed by atoms with Crippen LogP contribution in [0.2, 0.25) is 0 Å². The minimum Gasteiger partial charge on any atom is -0.482 e. The van der Waals surface area contributed by atoms with Gasteiger partial charge in [0.15, 0.2) is 0 Å². The summed E-state index contributed by atoms with van der Waals surface area (Å²) in [6.45, 7) is 5.33. The van der Waals surface area contributed by atoms with Gasteiger partial charge in [-0.15, -0.1) is 11.3 Å². The van der Waals surface area contributed by atoms with Gasteiger partial charge in [0.25, 0.3) is 0 Å². The van der Waals surface area contributed by atoms with E-state index in [1.54, 1.807) is 11.3 Å². The number of thiazole rings is 1. The lowest BCUT2D eigenvalue weighted by Crippen LogP contribution is -2.30. The zero-order chi connectivity index (χ0) is 14.4. The Balaban J connectivity index is 1.82. The van der Waals surface area contributed by atoms with E-state index in [9.17, 15) is 0 Å². The maximum Gasteiger partial charge on any atom is 0.140 e. The van der Waals surface area contributed by atoms with Crippen LogP contribution in [0.25, 0.3) is 11.3 Å². The van der Waals surface area contributed by atoms with Crippen LogP contribution < -0.4 is 10.1 Å². The third kappa shape index (κ3) is 2.28. The van der Waals surface area contributed by atoms with Gasteiger partial charge >= 0.3 is 0 Å². The molecule has 0 amide bonds. The first-order chi connectivity index (χ1) is 10.1. The first-order valence-corrected chi connectivity index (χ1v) is 9.23. The molecule has 0 aliphatic carbocycles. The van der Waals surface area contributed by atoms with Gasteiger partial charge in [0.2, 0.25) is 0 Å². The summed E-state index contributed by atoms with van der Waals surface area (Å²) in [6.07, 6.45) is 0. The molecule has 0 bridgehead atoms. The highest BCUT2D eigenvalue weighted by Gasteiger charge is 2.37. The maximum absolute atomic E-state index is 6.19. The Morgan fingerprint density at radius 3 is 3.00 bits per heavy atom. The van der Waals surface area contributed by atoms with Crippen molar-refractivity contribution < 1.29 is 4.74 Å². The molecule has 1 fully saturated rings. The Kier molecular flexibility index (Phi) is 3.24. The Morgan fingerprint density at radius 2 is 2.19 bits per heavy atom. The maximum atomic E-state index is 6.19. The molecule has 5 heteroatoms. The van der Waals surface area contributed by atoms with Gasteiger partial charge in [0.1, 0.15) is 16.4 Å². The third-order valence-corrected chi connectivity index (χ3v) is 6.45. The molecule has 1 unspecified atom stereocenters. The van der Waals surface area contributed by atoms with E-state index in [0.717, 1.165) is 29.3 Å². The van der Waals surface area contributed by atoms with E-state index in [2.05, 4.69) is 31.3 Å². The summed E-state index contributed by atoms with van der Waals surface area (Å²) in [6, 6.07) is 8.59. The molecule has 1 aromatic heterocycles. The number of rotatable bonds is 1. The van der Waals surface area contributed by atoms with Crippen LogP contribution in [0, 0.1) is 0 Å². The number of aromatic nitrogens is 1. The number of nitrogens with zero attached hydrogens (tertiary/aromatic N) is 1. The molecule has 2 aliphatic heterocycles. The largest absolute Gasteiger partial charge is 0.482 e. The van der Waals surface area contributed by atoms with Crippen molar-refractivity contribution >= 4 is 23.1 Å². The Labute approximate surface area is 133 Å². The molecule has 0 radical (unpaired) electrons. The Bertz CT molecular complexity index is 675. The summed E-state index contributed by atoms with van der Waals surface area (Å²) in [5, 5.41) is 4.78. The highest BCUT2D eigenvalue weighted by molar-refractivity contribution is 7.99. The van der Waals surface area contributed by atoms with E-state index in [1.165, 1.54) is 15.6 Å². The topological polar surface area (TPSA) is 34.1 Å². The normalized spacial score (nSPS) is 23.0. The number of hydrogen-bond donors (Lipinski definition) is 1. The zero-order valence-electron chi connectivity index (χ0n) is 12.2. The van der Waals surface area contributed by atoms with E-state index in [1.807, 2.05) is 23.9 Å². The molecule has 0 spiro atoms. The van der Waals surface area contributed by atoms with E-state index < -0.39 is 0 Å². The van der Waals surface area contributed by atoms with Gasteiger partial charge in [-0.25, -0.2) is 4.98 Å². The molecule has 21 heavy (non-hydrogen) atoms. The molecule has 2 aliphatic rings. The minimum atomic E-state index is -0.304. The lowest BCUT2D eigenvalue weighted by Gasteiger charge is -2.31. The van der Waals surface area contributed by atoms with Crippen molar-refractivity contribution in [3.8, 4) is 17.0 Å². The summed E-state index contributed by atoms with van der Waals surface area (Å²) >= 11 is 3.80. The third-order valence-electron chi connectivity index (χ3n) is 3.92. The fourth-order valence-electron chi connectivity index (χ4n) is 2.87. The summed E-state index contributed by atoms with van der Waals surface area (Å²) in [5.74, 6) is 3.24. The second kappa shape index (κ2) is 5.00. The van der Waals surface area contributed by atoms with Gasteiger partial charge in [0.05, 0.1) is 16.6 Å². The summed E-state index contributed by atoms with van der Waals surface area (Å²) in [5.41, 5.74) is 1.93. The molecule has 1 atom stereocenters. The molecule has 4 rings (SSSR count). The Hall–Kier alpha value is -1.04. The number of nitrogens with one attached hydrogen (secondary N) is 1. The second-order valence-corrected chi connectivity index (χ2v) is 8.10. The number of para-hydroxylation sites is 1. The van der Waals surface area contributed by atoms with Gasteiger partial charge in [-0.3, -0.25) is 0 Å². The molecule has 110 valence electrons. The highest BCUT2D eigenvalue weighted by Crippen LogP contribution is 2.48. The van der Waals surface area contributed by atoms with Crippen molar-refractivity contribution in [2.75, 3.05) is 18.1 Å². The van der Waals surface area contributed by atoms with E-state index in [0.29, 0.717) is 6.04 Å². The van der Waals surface area contributed by atoms with Gasteiger partial charge in [-0.1, -0.05) is 12.1 Å². The molecule has 0 saturated carbocycles. The number of fused-ring (bicyclic) bond motifs is 3. The number of thioether (sulfide) groups is 1. The SMILES string of the molecule is CC1(C)Oc2ccccc2-c2nc(C3CSCCN3)sc21. The Morgan fingerprint density at radius 1 is 1.33 bits per heavy atom. The van der Waals surface area contributed by atoms with Crippen molar-refractivity contribution in [2.45, 2.75) is 25.5 Å². The predicted octanol–water partition coefficient (Wildman–Crippen LogP) is 3.82. The van der Waals surface area contributed by atoms with Crippen LogP contribution in [0.4, 0.5) is 0 Å². The monoisotopic (exact) mass is 318 g/mol. The van der Waals surface area contributed by atoms with Crippen LogP contribution in [0.1, 0.15) is 29.8 Å². The van der Waals surface area contributed by atoms with Crippen LogP contribution in [-0.2, 0) is 5.60 Å². The molecule has 2 aromatic rings. The van der Waals surface area contributed by atoms with Crippen LogP contribution in [-0.4, -0.2) is 23.0 Å². The lowest BCUT2D eigenvalue weighted by molar-refractivity contribution is 0.109. The van der Waals surface area contributed by atoms with Gasteiger partial charge in [-0.2, -0.15) is 11.8 Å². The van der Waals surface area contributed by atoms with Crippen LogP contribution in [0.3, 0.4) is 0 Å². The molecule has 1 N–H and O–H groups in total. The van der Waals surface area contributed by atoms with E-state index in [-0.39, 0.29) is 5.60 Å². The quantitative estimate of drug-likeness (QED) is 0.867. The number of ether oxygens (including phenoxy) is 1. The fraction of sp³-hybridized carbons (Fsp3) is 0.438. The van der Waals surface area contributed by atoms with Crippen LogP contribution >= 0.6 is 23.1 Å². The van der Waals surface area contributed by atoms with Gasteiger partial charge in [-0.05, 0) is 26.0 Å². The summed E-state index contributed by atoms with van der Waals surface area (Å²) in [7, 11) is 0. The average Bonchev–Trinajstić information content (AvgIpc) is 2.94. The minimum absolute atomic E-state index is 0.304. The molecule has 3 nitrogen and oxygen atoms in total. The average molecular weight is 318 g/mol. The van der Waals surface area contributed by atoms with Crippen molar-refractivity contribution in [1.29, 1.82) is 0 Å². The molecule has 3 heterocycles. The predicted molar refractivity (Wildman–Crippen MR) is 89.3 cm³/mol. The summed E-state index contributed by atoms with van der Waals surface area (Å²) < 4.78 is 6.19. The van der Waals surface area contributed by atoms with E-state index in [4.69, 9.17) is 9.72 Å². The summed E-state index contributed by atoms with van der Waals surface area (Å²) in [4.78, 5) is 6.22. The van der Waals surface area contributed by atoms with E-state index >= 15 is 0 Å². The first kappa shape index (κ1) is 13.6. The molecular weight excluding hydrogens is 300 g/mol. The molecular formula is C16H18N2OS2. The van der Waals surface area contributed by atoms with Gasteiger partial charge in [0, 0.05) is 23.6 Å². The van der Waals surface area contributed by atoms with Gasteiger partial charge < -0.3 is 10.1 Å². The van der Waals surface area contributed by atoms with Crippen LogP contribution in [0.15, 0.2) is 24.3 Å². The van der Waals surface area contributed by atoms with Crippen molar-refractivity contribution in [1.82, 2.24) is 10.3 Å².